The van der Waals surface area contributed by atoms with Crippen molar-refractivity contribution in [3.8, 4) is 18.2 Å². The van der Waals surface area contributed by atoms with Crippen molar-refractivity contribution < 1.29 is 8.78 Å². The SMILES string of the molecule is CN1CC=C2C(C#N)=C(N)C(C#N)(C#N)[C@H](c3cccc(F)c3F)[C@@H]2C1. The molecule has 2 aliphatic rings. The molecular formula is C19H15F2N5. The third-order valence-electron chi connectivity index (χ3n) is 5.16. The summed E-state index contributed by atoms with van der Waals surface area (Å²) < 4.78 is 28.5. The van der Waals surface area contributed by atoms with E-state index in [1.54, 1.807) is 6.08 Å². The predicted molar refractivity (Wildman–Crippen MR) is 88.7 cm³/mol. The van der Waals surface area contributed by atoms with Crippen LogP contribution < -0.4 is 5.73 Å². The third-order valence-corrected chi connectivity index (χ3v) is 5.16. The number of allylic oxidation sites excluding steroid dienone is 2. The largest absolute Gasteiger partial charge is 0.399 e. The van der Waals surface area contributed by atoms with Gasteiger partial charge in [0.05, 0.1) is 23.4 Å². The Morgan fingerprint density at radius 1 is 1.23 bits per heavy atom. The van der Waals surface area contributed by atoms with Crippen LogP contribution in [0.15, 0.2) is 41.1 Å². The Morgan fingerprint density at radius 2 is 1.92 bits per heavy atom. The maximum atomic E-state index is 14.6. The molecule has 7 heteroatoms. The van der Waals surface area contributed by atoms with Gasteiger partial charge in [-0.25, -0.2) is 8.78 Å². The highest BCUT2D eigenvalue weighted by atomic mass is 19.2. The molecule has 1 aliphatic heterocycles. The molecular weight excluding hydrogens is 336 g/mol. The summed E-state index contributed by atoms with van der Waals surface area (Å²) >= 11 is 0. The third kappa shape index (κ3) is 2.28. The Hall–Kier alpha value is -3.21. The van der Waals surface area contributed by atoms with Gasteiger partial charge in [0.15, 0.2) is 17.0 Å². The minimum Gasteiger partial charge on any atom is -0.399 e. The first kappa shape index (κ1) is 17.6. The van der Waals surface area contributed by atoms with Gasteiger partial charge in [0, 0.05) is 24.9 Å². The number of likely N-dealkylation sites (N-methyl/N-ethyl adjacent to an activating group) is 1. The minimum absolute atomic E-state index is 0.0826. The lowest BCUT2D eigenvalue weighted by Crippen LogP contribution is -2.47. The average molecular weight is 351 g/mol. The Morgan fingerprint density at radius 3 is 2.54 bits per heavy atom. The first-order chi connectivity index (χ1) is 12.4. The van der Waals surface area contributed by atoms with Gasteiger partial charge in [-0.1, -0.05) is 18.2 Å². The van der Waals surface area contributed by atoms with Gasteiger partial charge in [-0.15, -0.1) is 0 Å². The standard InChI is InChI=1S/C19H15F2N5/c1-26-6-5-11-13(7-22)18(25)19(9-23,10-24)16(14(11)8-26)12-3-2-4-15(20)17(12)21/h2-5,14,16H,6,8,25H2,1H3/t14-,16-/m1/s1. The molecule has 5 nitrogen and oxygen atoms in total. The topological polar surface area (TPSA) is 101 Å². The van der Waals surface area contributed by atoms with E-state index < -0.39 is 28.9 Å². The molecule has 1 heterocycles. The molecule has 26 heavy (non-hydrogen) atoms. The second-order valence-electron chi connectivity index (χ2n) is 6.54. The molecule has 0 aromatic heterocycles. The van der Waals surface area contributed by atoms with E-state index in [1.165, 1.54) is 12.1 Å². The van der Waals surface area contributed by atoms with Crippen LogP contribution in [0.25, 0.3) is 0 Å². The van der Waals surface area contributed by atoms with Gasteiger partial charge in [0.25, 0.3) is 0 Å². The van der Waals surface area contributed by atoms with Gasteiger partial charge in [-0.2, -0.15) is 15.8 Å². The molecule has 0 saturated heterocycles. The Balaban J connectivity index is 2.39. The summed E-state index contributed by atoms with van der Waals surface area (Å²) in [4.78, 5) is 1.92. The lowest BCUT2D eigenvalue weighted by Gasteiger charge is -2.45. The van der Waals surface area contributed by atoms with Crippen LogP contribution >= 0.6 is 0 Å². The maximum absolute atomic E-state index is 14.6. The van der Waals surface area contributed by atoms with Gasteiger partial charge >= 0.3 is 0 Å². The van der Waals surface area contributed by atoms with Crippen LogP contribution in [-0.4, -0.2) is 25.0 Å². The van der Waals surface area contributed by atoms with Crippen molar-refractivity contribution in [2.45, 2.75) is 5.92 Å². The monoisotopic (exact) mass is 351 g/mol. The highest BCUT2D eigenvalue weighted by Gasteiger charge is 2.55. The van der Waals surface area contributed by atoms with Gasteiger partial charge in [-0.3, -0.25) is 0 Å². The number of hydrogen-bond donors (Lipinski definition) is 1. The van der Waals surface area contributed by atoms with Gasteiger partial charge in [0.2, 0.25) is 0 Å². The highest BCUT2D eigenvalue weighted by Crippen LogP contribution is 2.54. The Bertz CT molecular complexity index is 944. The van der Waals surface area contributed by atoms with Crippen LogP contribution in [0.4, 0.5) is 8.78 Å². The second-order valence-corrected chi connectivity index (χ2v) is 6.54. The number of halogens is 2. The van der Waals surface area contributed by atoms with Crippen molar-refractivity contribution in [3.63, 3.8) is 0 Å². The van der Waals surface area contributed by atoms with Crippen LogP contribution in [0.5, 0.6) is 0 Å². The van der Waals surface area contributed by atoms with Crippen LogP contribution in [-0.2, 0) is 0 Å². The van der Waals surface area contributed by atoms with Crippen molar-refractivity contribution in [1.82, 2.24) is 4.90 Å². The molecule has 1 aromatic carbocycles. The first-order valence-corrected chi connectivity index (χ1v) is 7.97. The smallest absolute Gasteiger partial charge is 0.191 e. The number of hydrogen-bond acceptors (Lipinski definition) is 5. The van der Waals surface area contributed by atoms with Crippen molar-refractivity contribution in [1.29, 1.82) is 15.8 Å². The van der Waals surface area contributed by atoms with Gasteiger partial charge in [-0.05, 0) is 24.3 Å². The molecule has 0 spiro atoms. The molecule has 3 rings (SSSR count). The molecule has 0 fully saturated rings. The lowest BCUT2D eigenvalue weighted by molar-refractivity contribution is 0.233. The molecule has 2 atom stereocenters. The molecule has 130 valence electrons. The predicted octanol–water partition coefficient (Wildman–Crippen LogP) is 2.32. The summed E-state index contributed by atoms with van der Waals surface area (Å²) in [6.45, 7) is 0.935. The number of nitriles is 3. The van der Waals surface area contributed by atoms with Gasteiger partial charge < -0.3 is 10.6 Å². The zero-order chi connectivity index (χ0) is 19.1. The number of nitrogens with two attached hydrogens (primary N) is 1. The van der Waals surface area contributed by atoms with E-state index in [0.717, 1.165) is 6.07 Å². The molecule has 1 aliphatic carbocycles. The number of fused-ring (bicyclic) bond motifs is 1. The molecule has 0 unspecified atom stereocenters. The van der Waals surface area contributed by atoms with E-state index >= 15 is 0 Å². The second kappa shape index (κ2) is 6.26. The van der Waals surface area contributed by atoms with Crippen molar-refractivity contribution in [3.05, 3.63) is 58.3 Å². The number of benzene rings is 1. The fourth-order valence-electron chi connectivity index (χ4n) is 3.93. The summed E-state index contributed by atoms with van der Waals surface area (Å²) in [6.07, 6.45) is 1.79. The van der Waals surface area contributed by atoms with E-state index in [-0.39, 0.29) is 16.8 Å². The summed E-state index contributed by atoms with van der Waals surface area (Å²) in [5, 5.41) is 29.2. The minimum atomic E-state index is -1.96. The molecule has 1 aromatic rings. The molecule has 0 amide bonds. The van der Waals surface area contributed by atoms with Crippen LogP contribution in [0, 0.1) is 57.0 Å². The van der Waals surface area contributed by atoms with Crippen LogP contribution in [0.3, 0.4) is 0 Å². The van der Waals surface area contributed by atoms with Gasteiger partial charge in [0.1, 0.15) is 6.07 Å². The zero-order valence-electron chi connectivity index (χ0n) is 14.0. The lowest BCUT2D eigenvalue weighted by atomic mass is 9.58. The van der Waals surface area contributed by atoms with E-state index in [2.05, 4.69) is 0 Å². The summed E-state index contributed by atoms with van der Waals surface area (Å²) in [7, 11) is 1.83. The Kier molecular flexibility index (Phi) is 4.24. The fourth-order valence-corrected chi connectivity index (χ4v) is 3.93. The molecule has 2 N–H and O–H groups in total. The first-order valence-electron chi connectivity index (χ1n) is 7.97. The summed E-state index contributed by atoms with van der Waals surface area (Å²) in [5.41, 5.74) is 4.51. The quantitative estimate of drug-likeness (QED) is 0.837. The van der Waals surface area contributed by atoms with Crippen molar-refractivity contribution in [2.75, 3.05) is 20.1 Å². The van der Waals surface area contributed by atoms with E-state index in [1.807, 2.05) is 30.2 Å². The maximum Gasteiger partial charge on any atom is 0.191 e. The highest BCUT2D eigenvalue weighted by molar-refractivity contribution is 5.59. The van der Waals surface area contributed by atoms with E-state index in [4.69, 9.17) is 5.73 Å². The van der Waals surface area contributed by atoms with E-state index in [9.17, 15) is 24.6 Å². The summed E-state index contributed by atoms with van der Waals surface area (Å²) in [5.74, 6) is -3.73. The summed E-state index contributed by atoms with van der Waals surface area (Å²) in [6, 6.07) is 9.45. The number of nitrogens with zero attached hydrogens (tertiary/aromatic N) is 4. The zero-order valence-corrected chi connectivity index (χ0v) is 14.0. The molecule has 0 radical (unpaired) electrons. The molecule has 0 bridgehead atoms. The Labute approximate surface area is 149 Å². The van der Waals surface area contributed by atoms with Crippen LogP contribution in [0.2, 0.25) is 0 Å². The average Bonchev–Trinajstić information content (AvgIpc) is 2.64. The molecule has 0 saturated carbocycles. The van der Waals surface area contributed by atoms with E-state index in [0.29, 0.717) is 18.7 Å². The normalized spacial score (nSPS) is 24.7. The number of rotatable bonds is 1. The van der Waals surface area contributed by atoms with Crippen LogP contribution in [0.1, 0.15) is 11.5 Å². The fraction of sp³-hybridized carbons (Fsp3) is 0.316. The van der Waals surface area contributed by atoms with Crippen molar-refractivity contribution in [2.24, 2.45) is 17.1 Å². The van der Waals surface area contributed by atoms with Crippen molar-refractivity contribution >= 4 is 0 Å².